The van der Waals surface area contributed by atoms with Crippen LogP contribution in [-0.4, -0.2) is 11.0 Å². The van der Waals surface area contributed by atoms with Crippen molar-refractivity contribution < 1.29 is 18.9 Å². The fourth-order valence-electron chi connectivity index (χ4n) is 0.266. The highest BCUT2D eigenvalue weighted by Gasteiger charge is 2.17. The predicted octanol–water partition coefficient (Wildman–Crippen LogP) is 0.942. The van der Waals surface area contributed by atoms with Gasteiger partial charge in [-0.25, -0.2) is 4.57 Å². The largest absolute Gasteiger partial charge is 0.500 e. The van der Waals surface area contributed by atoms with E-state index in [0.717, 1.165) is 0 Å². The van der Waals surface area contributed by atoms with Crippen LogP contribution in [0.15, 0.2) is 0 Å². The van der Waals surface area contributed by atoms with Gasteiger partial charge in [-0.15, -0.1) is 4.89 Å². The van der Waals surface area contributed by atoms with E-state index in [4.69, 9.17) is 4.89 Å². The van der Waals surface area contributed by atoms with Crippen LogP contribution in [0, 0.1) is 0 Å². The molecule has 0 spiro atoms. The molecule has 1 atom stereocenters. The summed E-state index contributed by atoms with van der Waals surface area (Å²) in [6, 6.07) is 0. The monoisotopic (exact) mass is 139 g/mol. The smallest absolute Gasteiger partial charge is 0.301 e. The Morgan fingerprint density at radius 3 is 2.00 bits per heavy atom. The van der Waals surface area contributed by atoms with Crippen LogP contribution in [0.1, 0.15) is 13.8 Å². The third kappa shape index (κ3) is 6.11. The lowest BCUT2D eigenvalue weighted by atomic mass is 10.5. The second kappa shape index (κ2) is 2.60. The van der Waals surface area contributed by atoms with Crippen molar-refractivity contribution in [1.29, 1.82) is 0 Å². The highest BCUT2D eigenvalue weighted by molar-refractivity contribution is 7.46. The average Bonchev–Trinajstić information content (AvgIpc) is 1.21. The van der Waals surface area contributed by atoms with Crippen LogP contribution in [0.5, 0.6) is 0 Å². The first kappa shape index (κ1) is 8.11. The summed E-state index contributed by atoms with van der Waals surface area (Å²) in [5.41, 5.74) is 0. The number of hydrogen-bond donors (Lipinski definition) is 1. The Bertz CT molecular complexity index is 104. The minimum atomic E-state index is -4.47. The Kier molecular flexibility index (Phi) is 2.63. The van der Waals surface area contributed by atoms with Gasteiger partial charge in [0.25, 0.3) is 0 Å². The molecule has 0 bridgehead atoms. The lowest BCUT2D eigenvalue weighted by Crippen LogP contribution is -1.97. The molecule has 0 aromatic heterocycles. The van der Waals surface area contributed by atoms with E-state index in [9.17, 15) is 9.46 Å². The molecule has 4 nitrogen and oxygen atoms in total. The second-order valence-corrected chi connectivity index (χ2v) is 2.77. The molecule has 1 N–H and O–H groups in total. The van der Waals surface area contributed by atoms with E-state index in [1.165, 1.54) is 13.8 Å². The highest BCUT2D eigenvalue weighted by Crippen LogP contribution is 2.38. The molecule has 1 unspecified atom stereocenters. The van der Waals surface area contributed by atoms with Crippen molar-refractivity contribution in [3.63, 3.8) is 0 Å². The summed E-state index contributed by atoms with van der Waals surface area (Å²) in [6.45, 7) is 3.03. The molecule has 0 aromatic rings. The molecular formula is C3H8O4P. The van der Waals surface area contributed by atoms with Crippen LogP contribution >= 0.6 is 7.82 Å². The molecule has 0 saturated heterocycles. The molecule has 0 saturated carbocycles. The van der Waals surface area contributed by atoms with Crippen molar-refractivity contribution in [1.82, 2.24) is 0 Å². The van der Waals surface area contributed by atoms with E-state index < -0.39 is 13.9 Å². The lowest BCUT2D eigenvalue weighted by Gasteiger charge is -2.04. The van der Waals surface area contributed by atoms with Crippen molar-refractivity contribution >= 4 is 7.82 Å². The average molecular weight is 139 g/mol. The van der Waals surface area contributed by atoms with Gasteiger partial charge >= 0.3 is 7.82 Å². The summed E-state index contributed by atoms with van der Waals surface area (Å²) in [6.07, 6.45) is -0.483. The molecule has 0 heterocycles. The summed E-state index contributed by atoms with van der Waals surface area (Å²) in [7, 11) is -4.47. The molecule has 0 aliphatic rings. The molecule has 1 radical (unpaired) electrons. The Hall–Kier alpha value is 0.110. The van der Waals surface area contributed by atoms with Crippen LogP contribution in [0.4, 0.5) is 0 Å². The number of hydrogen-bond acceptors (Lipinski definition) is 2. The molecule has 0 aromatic carbocycles. The van der Waals surface area contributed by atoms with Crippen LogP contribution in [0.2, 0.25) is 0 Å². The van der Waals surface area contributed by atoms with Gasteiger partial charge < -0.3 is 4.89 Å². The van der Waals surface area contributed by atoms with E-state index in [1.54, 1.807) is 0 Å². The maximum absolute atomic E-state index is 9.80. The standard InChI is InChI=1S/C3H8O4P/c1-3(2)7-8(4,5)6/h3H,1-2H3,(H,4,5). The maximum Gasteiger partial charge on any atom is 0.500 e. The zero-order valence-corrected chi connectivity index (χ0v) is 5.59. The third-order valence-corrected chi connectivity index (χ3v) is 1.03. The molecule has 49 valence electrons. The molecule has 8 heavy (non-hydrogen) atoms. The van der Waals surface area contributed by atoms with Crippen molar-refractivity contribution in [3.8, 4) is 0 Å². The predicted molar refractivity (Wildman–Crippen MR) is 26.7 cm³/mol. The van der Waals surface area contributed by atoms with Crippen molar-refractivity contribution in [2.24, 2.45) is 0 Å². The fourth-order valence-corrected chi connectivity index (χ4v) is 0.799. The summed E-state index contributed by atoms with van der Waals surface area (Å²) in [4.78, 5) is 17.8. The fraction of sp³-hybridized carbons (Fsp3) is 1.00. The van der Waals surface area contributed by atoms with Crippen LogP contribution in [-0.2, 0) is 14.0 Å². The van der Waals surface area contributed by atoms with Crippen LogP contribution < -0.4 is 0 Å². The Morgan fingerprint density at radius 1 is 1.62 bits per heavy atom. The minimum absolute atomic E-state index is 0.483. The van der Waals surface area contributed by atoms with Gasteiger partial charge in [-0.1, -0.05) is 0 Å². The van der Waals surface area contributed by atoms with Crippen molar-refractivity contribution in [3.05, 3.63) is 0 Å². The van der Waals surface area contributed by atoms with Gasteiger partial charge in [0, 0.05) is 0 Å². The minimum Gasteiger partial charge on any atom is -0.301 e. The lowest BCUT2D eigenvalue weighted by molar-refractivity contribution is 0.136. The third-order valence-electron chi connectivity index (χ3n) is 0.344. The van der Waals surface area contributed by atoms with Gasteiger partial charge in [0.05, 0.1) is 6.10 Å². The zero-order valence-electron chi connectivity index (χ0n) is 4.70. The molecule has 0 fully saturated rings. The summed E-state index contributed by atoms with van der Waals surface area (Å²) >= 11 is 0. The van der Waals surface area contributed by atoms with Gasteiger partial charge in [-0.2, -0.15) is 0 Å². The molecule has 0 aliphatic carbocycles. The first-order chi connectivity index (χ1) is 3.42. The Morgan fingerprint density at radius 2 is 2.00 bits per heavy atom. The molecular weight excluding hydrogens is 131 g/mol. The molecule has 0 aliphatic heterocycles. The van der Waals surface area contributed by atoms with E-state index in [2.05, 4.69) is 4.52 Å². The summed E-state index contributed by atoms with van der Waals surface area (Å²) in [5, 5.41) is 0. The first-order valence-electron chi connectivity index (χ1n) is 2.14. The molecule has 5 heteroatoms. The van der Waals surface area contributed by atoms with Gasteiger partial charge in [0.15, 0.2) is 0 Å². The van der Waals surface area contributed by atoms with E-state index in [0.29, 0.717) is 0 Å². The van der Waals surface area contributed by atoms with Gasteiger partial charge in [0.2, 0.25) is 0 Å². The maximum atomic E-state index is 9.80. The van der Waals surface area contributed by atoms with Gasteiger partial charge in [-0.05, 0) is 13.8 Å². The van der Waals surface area contributed by atoms with E-state index in [-0.39, 0.29) is 0 Å². The molecule has 0 rings (SSSR count). The van der Waals surface area contributed by atoms with Crippen molar-refractivity contribution in [2.75, 3.05) is 0 Å². The van der Waals surface area contributed by atoms with E-state index >= 15 is 0 Å². The SMILES string of the molecule is CC(C)OP([O])(=O)O. The summed E-state index contributed by atoms with van der Waals surface area (Å²) in [5.74, 6) is 0. The zero-order chi connectivity index (χ0) is 6.78. The van der Waals surface area contributed by atoms with Crippen LogP contribution in [0.25, 0.3) is 0 Å². The first-order valence-corrected chi connectivity index (χ1v) is 3.63. The summed E-state index contributed by atoms with van der Waals surface area (Å²) < 4.78 is 13.8. The Balaban J connectivity index is 3.56. The molecule has 0 amide bonds. The second-order valence-electron chi connectivity index (χ2n) is 1.62. The highest BCUT2D eigenvalue weighted by atomic mass is 31.2. The Labute approximate surface area is 47.7 Å². The van der Waals surface area contributed by atoms with Crippen molar-refractivity contribution in [2.45, 2.75) is 20.0 Å². The van der Waals surface area contributed by atoms with Gasteiger partial charge in [-0.3, -0.25) is 4.52 Å². The van der Waals surface area contributed by atoms with Crippen LogP contribution in [0.3, 0.4) is 0 Å². The number of rotatable bonds is 2. The topological polar surface area (TPSA) is 66.4 Å². The quantitative estimate of drug-likeness (QED) is 0.579. The van der Waals surface area contributed by atoms with E-state index in [1.807, 2.05) is 0 Å². The van der Waals surface area contributed by atoms with Gasteiger partial charge in [0.1, 0.15) is 0 Å². The normalized spacial score (nSPS) is 12.6.